The molecule has 1 aliphatic heterocycles. The number of carbonyl (C=O) groups is 2. The van der Waals surface area contributed by atoms with Gasteiger partial charge in [-0.15, -0.1) is 0 Å². The molecule has 2 unspecified atom stereocenters. The number of rotatable bonds is 5. The molecule has 2 aromatic carbocycles. The Labute approximate surface area is 182 Å². The molecule has 2 atom stereocenters. The predicted molar refractivity (Wildman–Crippen MR) is 118 cm³/mol. The van der Waals surface area contributed by atoms with E-state index in [1.807, 2.05) is 66.4 Å². The van der Waals surface area contributed by atoms with E-state index < -0.39 is 5.92 Å². The molecule has 5 heteroatoms. The second-order valence-corrected chi connectivity index (χ2v) is 8.45. The van der Waals surface area contributed by atoms with E-state index >= 15 is 0 Å². The van der Waals surface area contributed by atoms with Crippen molar-refractivity contribution < 1.29 is 9.59 Å². The second kappa shape index (κ2) is 7.99. The van der Waals surface area contributed by atoms with Crippen molar-refractivity contribution in [3.05, 3.63) is 101 Å². The molecule has 0 spiro atoms. The van der Waals surface area contributed by atoms with Crippen molar-refractivity contribution in [3.63, 3.8) is 0 Å². The van der Waals surface area contributed by atoms with Crippen molar-refractivity contribution in [2.24, 2.45) is 0 Å². The van der Waals surface area contributed by atoms with Crippen LogP contribution in [0.25, 0.3) is 0 Å². The molecular formula is C26H25N3O2. The number of nitrogens with one attached hydrogen (secondary N) is 1. The van der Waals surface area contributed by atoms with Gasteiger partial charge in [-0.25, -0.2) is 0 Å². The van der Waals surface area contributed by atoms with Gasteiger partial charge in [0, 0.05) is 30.5 Å². The Kier molecular flexibility index (Phi) is 5.02. The molecule has 156 valence electrons. The summed E-state index contributed by atoms with van der Waals surface area (Å²) in [5, 5.41) is 3.10. The van der Waals surface area contributed by atoms with Crippen LogP contribution >= 0.6 is 0 Å². The lowest BCUT2D eigenvalue weighted by Gasteiger charge is -2.42. The standard InChI is InChI=1S/C26H25N3O2/c1-17-6-4-8-19(14-17)24-23(25(30)28-16-18-7-5-13-27-15-18)21-9-2-3-10-22(21)26(31)29(24)20-11-12-20/h2-10,13-15,20,23-24H,11-12,16H2,1H3,(H,28,30). The minimum atomic E-state index is -0.465. The highest BCUT2D eigenvalue weighted by atomic mass is 16.2. The zero-order valence-electron chi connectivity index (χ0n) is 17.5. The quantitative estimate of drug-likeness (QED) is 0.686. The van der Waals surface area contributed by atoms with Gasteiger partial charge < -0.3 is 10.2 Å². The van der Waals surface area contributed by atoms with Crippen LogP contribution < -0.4 is 5.32 Å². The fourth-order valence-electron chi connectivity index (χ4n) is 4.60. The highest BCUT2D eigenvalue weighted by Crippen LogP contribution is 2.47. The summed E-state index contributed by atoms with van der Waals surface area (Å²) >= 11 is 0. The average Bonchev–Trinajstić information content (AvgIpc) is 3.63. The third-order valence-corrected chi connectivity index (χ3v) is 6.17. The number of aromatic nitrogens is 1. The third-order valence-electron chi connectivity index (χ3n) is 6.17. The first-order chi connectivity index (χ1) is 15.1. The number of hydrogen-bond acceptors (Lipinski definition) is 3. The molecule has 0 radical (unpaired) electrons. The van der Waals surface area contributed by atoms with Crippen LogP contribution in [0.1, 0.15) is 57.4 Å². The number of pyridine rings is 1. The Bertz CT molecular complexity index is 1120. The number of amides is 2. The molecule has 0 saturated heterocycles. The summed E-state index contributed by atoms with van der Waals surface area (Å²) in [5.74, 6) is -0.505. The molecule has 2 heterocycles. The molecule has 1 fully saturated rings. The van der Waals surface area contributed by atoms with E-state index in [2.05, 4.69) is 16.4 Å². The zero-order valence-corrected chi connectivity index (χ0v) is 17.5. The third kappa shape index (κ3) is 3.72. The van der Waals surface area contributed by atoms with Gasteiger partial charge in [-0.3, -0.25) is 14.6 Å². The topological polar surface area (TPSA) is 62.3 Å². The van der Waals surface area contributed by atoms with Crippen molar-refractivity contribution in [3.8, 4) is 0 Å². The van der Waals surface area contributed by atoms with Gasteiger partial charge in [0.1, 0.15) is 0 Å². The van der Waals surface area contributed by atoms with E-state index in [-0.39, 0.29) is 23.9 Å². The SMILES string of the molecule is Cc1cccc(C2C(C(=O)NCc3cccnc3)c3ccccc3C(=O)N2C2CC2)c1. The second-order valence-electron chi connectivity index (χ2n) is 8.45. The van der Waals surface area contributed by atoms with Crippen LogP contribution in [0.3, 0.4) is 0 Å². The average molecular weight is 412 g/mol. The van der Waals surface area contributed by atoms with Crippen molar-refractivity contribution in [2.75, 3.05) is 0 Å². The summed E-state index contributed by atoms with van der Waals surface area (Å²) in [5.41, 5.74) is 4.52. The molecular weight excluding hydrogens is 386 g/mol. The van der Waals surface area contributed by atoms with E-state index in [0.717, 1.165) is 35.1 Å². The first-order valence-corrected chi connectivity index (χ1v) is 10.8. The number of carbonyl (C=O) groups excluding carboxylic acids is 2. The molecule has 2 aliphatic rings. The van der Waals surface area contributed by atoms with Crippen LogP contribution in [-0.2, 0) is 11.3 Å². The molecule has 1 aliphatic carbocycles. The van der Waals surface area contributed by atoms with Crippen molar-refractivity contribution in [2.45, 2.75) is 44.3 Å². The first-order valence-electron chi connectivity index (χ1n) is 10.8. The van der Waals surface area contributed by atoms with Gasteiger partial charge >= 0.3 is 0 Å². The van der Waals surface area contributed by atoms with Crippen molar-refractivity contribution in [1.82, 2.24) is 15.2 Å². The normalized spacial score (nSPS) is 20.3. The number of fused-ring (bicyclic) bond motifs is 1. The molecule has 3 aromatic rings. The highest BCUT2D eigenvalue weighted by Gasteiger charge is 2.48. The number of aryl methyl sites for hydroxylation is 1. The van der Waals surface area contributed by atoms with Crippen molar-refractivity contribution in [1.29, 1.82) is 0 Å². The van der Waals surface area contributed by atoms with Gasteiger partial charge in [0.2, 0.25) is 5.91 Å². The number of nitrogens with zero attached hydrogens (tertiary/aromatic N) is 2. The monoisotopic (exact) mass is 411 g/mol. The van der Waals surface area contributed by atoms with Crippen molar-refractivity contribution >= 4 is 11.8 Å². The predicted octanol–water partition coefficient (Wildman–Crippen LogP) is 4.15. The molecule has 5 rings (SSSR count). The number of hydrogen-bond donors (Lipinski definition) is 1. The van der Waals surface area contributed by atoms with Crippen LogP contribution in [0.2, 0.25) is 0 Å². The van der Waals surface area contributed by atoms with Crippen LogP contribution in [-0.4, -0.2) is 27.7 Å². The van der Waals surface area contributed by atoms with E-state index in [4.69, 9.17) is 0 Å². The maximum atomic E-state index is 13.6. The molecule has 1 saturated carbocycles. The van der Waals surface area contributed by atoms with E-state index in [9.17, 15) is 9.59 Å². The van der Waals surface area contributed by atoms with Gasteiger partial charge in [-0.05, 0) is 48.6 Å². The van der Waals surface area contributed by atoms with Crippen LogP contribution in [0, 0.1) is 6.92 Å². The highest BCUT2D eigenvalue weighted by molar-refractivity contribution is 6.01. The minimum Gasteiger partial charge on any atom is -0.351 e. The van der Waals surface area contributed by atoms with Crippen LogP contribution in [0.15, 0.2) is 73.1 Å². The van der Waals surface area contributed by atoms with E-state index in [1.54, 1.807) is 12.4 Å². The summed E-state index contributed by atoms with van der Waals surface area (Å²) in [6, 6.07) is 19.4. The zero-order chi connectivity index (χ0) is 21.4. The Hall–Kier alpha value is -3.47. The summed E-state index contributed by atoms with van der Waals surface area (Å²) in [6.45, 7) is 2.45. The lowest BCUT2D eigenvalue weighted by Crippen LogP contribution is -2.48. The van der Waals surface area contributed by atoms with Gasteiger partial charge in [-0.2, -0.15) is 0 Å². The minimum absolute atomic E-state index is 0.0286. The summed E-state index contributed by atoms with van der Waals surface area (Å²) in [6.07, 6.45) is 5.45. The molecule has 31 heavy (non-hydrogen) atoms. The maximum Gasteiger partial charge on any atom is 0.254 e. The van der Waals surface area contributed by atoms with Crippen LogP contribution in [0.4, 0.5) is 0 Å². The fraction of sp³-hybridized carbons (Fsp3) is 0.269. The Balaban J connectivity index is 1.58. The lowest BCUT2D eigenvalue weighted by molar-refractivity contribution is -0.124. The van der Waals surface area contributed by atoms with Gasteiger partial charge in [-0.1, -0.05) is 54.1 Å². The van der Waals surface area contributed by atoms with Gasteiger partial charge in [0.05, 0.1) is 12.0 Å². The molecule has 1 N–H and O–H groups in total. The van der Waals surface area contributed by atoms with E-state index in [0.29, 0.717) is 12.1 Å². The Morgan fingerprint density at radius 1 is 1.10 bits per heavy atom. The number of benzene rings is 2. The molecule has 5 nitrogen and oxygen atoms in total. The fourth-order valence-corrected chi connectivity index (χ4v) is 4.60. The Morgan fingerprint density at radius 3 is 2.68 bits per heavy atom. The van der Waals surface area contributed by atoms with Crippen LogP contribution in [0.5, 0.6) is 0 Å². The summed E-state index contributed by atoms with van der Waals surface area (Å²) in [7, 11) is 0. The van der Waals surface area contributed by atoms with E-state index in [1.165, 1.54) is 0 Å². The van der Waals surface area contributed by atoms with Gasteiger partial charge in [0.25, 0.3) is 5.91 Å². The maximum absolute atomic E-state index is 13.6. The molecule has 2 amide bonds. The lowest BCUT2D eigenvalue weighted by atomic mass is 9.78. The van der Waals surface area contributed by atoms with Gasteiger partial charge in [0.15, 0.2) is 0 Å². The summed E-state index contributed by atoms with van der Waals surface area (Å²) < 4.78 is 0. The smallest absolute Gasteiger partial charge is 0.254 e. The molecule has 1 aromatic heterocycles. The Morgan fingerprint density at radius 2 is 1.94 bits per heavy atom. The molecule has 0 bridgehead atoms. The summed E-state index contributed by atoms with van der Waals surface area (Å²) in [4.78, 5) is 33.2. The first kappa shape index (κ1) is 19.5. The largest absolute Gasteiger partial charge is 0.351 e.